The second kappa shape index (κ2) is 6.23. The van der Waals surface area contributed by atoms with Crippen LogP contribution in [0.3, 0.4) is 0 Å². The standard InChI is InChI=1S/C15H15F3N4O2/c1-10-13(15(16,17)18)21(7-8-24-10)14(23)12-9-19-22(20-12)11-5-3-2-4-6-11/h2-6,9-10,13H,7-8H2,1H3/t10-,13-/m0/s1. The van der Waals surface area contributed by atoms with Crippen LogP contribution in [0.1, 0.15) is 17.4 Å². The monoisotopic (exact) mass is 340 g/mol. The number of carbonyl (C=O) groups is 1. The quantitative estimate of drug-likeness (QED) is 0.840. The van der Waals surface area contributed by atoms with E-state index in [0.29, 0.717) is 5.69 Å². The van der Waals surface area contributed by atoms with Gasteiger partial charge in [-0.25, -0.2) is 0 Å². The highest BCUT2D eigenvalue weighted by molar-refractivity contribution is 5.92. The average Bonchev–Trinajstić information content (AvgIpc) is 3.03. The van der Waals surface area contributed by atoms with Gasteiger partial charge in [0.05, 0.1) is 24.6 Å². The van der Waals surface area contributed by atoms with Gasteiger partial charge in [0.1, 0.15) is 0 Å². The van der Waals surface area contributed by atoms with Gasteiger partial charge in [-0.05, 0) is 19.1 Å². The molecule has 0 bridgehead atoms. The van der Waals surface area contributed by atoms with Crippen molar-refractivity contribution in [3.63, 3.8) is 0 Å². The van der Waals surface area contributed by atoms with Gasteiger partial charge >= 0.3 is 6.18 Å². The van der Waals surface area contributed by atoms with E-state index in [2.05, 4.69) is 10.2 Å². The molecule has 6 nitrogen and oxygen atoms in total. The van der Waals surface area contributed by atoms with Gasteiger partial charge in [-0.3, -0.25) is 4.79 Å². The summed E-state index contributed by atoms with van der Waals surface area (Å²) in [6.07, 6.45) is -4.54. The molecule has 2 atom stereocenters. The molecule has 3 rings (SSSR count). The Kier molecular flexibility index (Phi) is 4.27. The maximum atomic E-state index is 13.3. The number of nitrogens with zero attached hydrogens (tertiary/aromatic N) is 4. The highest BCUT2D eigenvalue weighted by Crippen LogP contribution is 2.31. The van der Waals surface area contributed by atoms with Crippen molar-refractivity contribution < 1.29 is 22.7 Å². The smallest absolute Gasteiger partial charge is 0.374 e. The van der Waals surface area contributed by atoms with E-state index < -0.39 is 24.2 Å². The predicted octanol–water partition coefficient (Wildman–Crippen LogP) is 2.06. The predicted molar refractivity (Wildman–Crippen MR) is 77.7 cm³/mol. The number of benzene rings is 1. The SMILES string of the molecule is C[C@@H]1OCCN(C(=O)c2cnn(-c3ccccc3)n2)[C@@H]1C(F)(F)F. The van der Waals surface area contributed by atoms with Gasteiger partial charge in [-0.1, -0.05) is 18.2 Å². The molecule has 128 valence electrons. The zero-order valence-electron chi connectivity index (χ0n) is 12.8. The topological polar surface area (TPSA) is 60.2 Å². The van der Waals surface area contributed by atoms with Crippen molar-refractivity contribution in [1.82, 2.24) is 19.9 Å². The van der Waals surface area contributed by atoms with E-state index in [0.717, 1.165) is 4.90 Å². The van der Waals surface area contributed by atoms with Crippen LogP contribution in [-0.4, -0.2) is 57.3 Å². The summed E-state index contributed by atoms with van der Waals surface area (Å²) in [7, 11) is 0. The van der Waals surface area contributed by atoms with Crippen LogP contribution in [-0.2, 0) is 4.74 Å². The van der Waals surface area contributed by atoms with Gasteiger partial charge in [0.25, 0.3) is 5.91 Å². The molecule has 1 fully saturated rings. The van der Waals surface area contributed by atoms with Crippen molar-refractivity contribution >= 4 is 5.91 Å². The van der Waals surface area contributed by atoms with E-state index in [1.165, 1.54) is 17.9 Å². The molecule has 9 heteroatoms. The maximum Gasteiger partial charge on any atom is 0.411 e. The summed E-state index contributed by atoms with van der Waals surface area (Å²) in [5.41, 5.74) is 0.474. The Balaban J connectivity index is 1.87. The summed E-state index contributed by atoms with van der Waals surface area (Å²) >= 11 is 0. The molecule has 0 unspecified atom stereocenters. The lowest BCUT2D eigenvalue weighted by molar-refractivity contribution is -0.220. The zero-order chi connectivity index (χ0) is 17.3. The summed E-state index contributed by atoms with van der Waals surface area (Å²) in [5.74, 6) is -0.811. The first-order chi connectivity index (χ1) is 11.4. The van der Waals surface area contributed by atoms with E-state index in [4.69, 9.17) is 4.74 Å². The molecule has 0 saturated carbocycles. The number of rotatable bonds is 2. The van der Waals surface area contributed by atoms with Crippen molar-refractivity contribution in [2.75, 3.05) is 13.2 Å². The number of hydrogen-bond donors (Lipinski definition) is 0. The molecule has 1 saturated heterocycles. The Bertz CT molecular complexity index is 717. The molecule has 0 aliphatic carbocycles. The maximum absolute atomic E-state index is 13.3. The van der Waals surface area contributed by atoms with Gasteiger partial charge in [-0.2, -0.15) is 23.1 Å². The number of morpholine rings is 1. The molecule has 1 amide bonds. The first-order valence-corrected chi connectivity index (χ1v) is 7.35. The molecule has 1 aromatic heterocycles. The minimum Gasteiger partial charge on any atom is -0.374 e. The Morgan fingerprint density at radius 1 is 1.29 bits per heavy atom. The molecule has 0 radical (unpaired) electrons. The van der Waals surface area contributed by atoms with E-state index >= 15 is 0 Å². The first kappa shape index (κ1) is 16.4. The second-order valence-electron chi connectivity index (χ2n) is 5.42. The van der Waals surface area contributed by atoms with Crippen LogP contribution in [0.25, 0.3) is 5.69 Å². The molecule has 2 heterocycles. The number of hydrogen-bond acceptors (Lipinski definition) is 4. The number of para-hydroxylation sites is 1. The molecule has 1 aromatic carbocycles. The fraction of sp³-hybridized carbons (Fsp3) is 0.400. The van der Waals surface area contributed by atoms with Gasteiger partial charge in [-0.15, -0.1) is 5.10 Å². The summed E-state index contributed by atoms with van der Waals surface area (Å²) in [6.45, 7) is 1.20. The highest BCUT2D eigenvalue weighted by atomic mass is 19.4. The normalized spacial score (nSPS) is 21.8. The molecule has 2 aromatic rings. The number of carbonyl (C=O) groups excluding carboxylic acids is 1. The van der Waals surface area contributed by atoms with Crippen molar-refractivity contribution in [1.29, 1.82) is 0 Å². The molecule has 0 N–H and O–H groups in total. The molecular weight excluding hydrogens is 325 g/mol. The van der Waals surface area contributed by atoms with Crippen LogP contribution in [0.4, 0.5) is 13.2 Å². The number of alkyl halides is 3. The molecular formula is C15H15F3N4O2. The van der Waals surface area contributed by atoms with Gasteiger partial charge in [0, 0.05) is 6.54 Å². The molecule has 0 spiro atoms. The van der Waals surface area contributed by atoms with Gasteiger partial charge < -0.3 is 9.64 Å². The van der Waals surface area contributed by atoms with Crippen LogP contribution in [0, 0.1) is 0 Å². The van der Waals surface area contributed by atoms with Crippen LogP contribution < -0.4 is 0 Å². The minimum atomic E-state index is -4.58. The number of halogens is 3. The molecule has 1 aliphatic heterocycles. The molecule has 1 aliphatic rings. The lowest BCUT2D eigenvalue weighted by Gasteiger charge is -2.40. The summed E-state index contributed by atoms with van der Waals surface area (Å²) in [5, 5.41) is 7.96. The van der Waals surface area contributed by atoms with E-state index in [1.54, 1.807) is 24.3 Å². The third-order valence-corrected chi connectivity index (χ3v) is 3.79. The first-order valence-electron chi connectivity index (χ1n) is 7.35. The minimum absolute atomic E-state index is 0.0479. The van der Waals surface area contributed by atoms with E-state index in [-0.39, 0.29) is 18.8 Å². The van der Waals surface area contributed by atoms with E-state index in [1.807, 2.05) is 6.07 Å². The van der Waals surface area contributed by atoms with Gasteiger partial charge in [0.2, 0.25) is 0 Å². The Labute approximate surface area is 135 Å². The Morgan fingerprint density at radius 2 is 2.00 bits per heavy atom. The Hall–Kier alpha value is -2.42. The summed E-state index contributed by atoms with van der Waals surface area (Å²) < 4.78 is 44.9. The largest absolute Gasteiger partial charge is 0.411 e. The third kappa shape index (κ3) is 3.12. The van der Waals surface area contributed by atoms with Crippen LogP contribution in [0.15, 0.2) is 36.5 Å². The summed E-state index contributed by atoms with van der Waals surface area (Å²) in [4.78, 5) is 14.5. The number of aromatic nitrogens is 3. The van der Waals surface area contributed by atoms with Crippen molar-refractivity contribution in [2.24, 2.45) is 0 Å². The number of ether oxygens (including phenoxy) is 1. The lowest BCUT2D eigenvalue weighted by Crippen LogP contribution is -2.59. The zero-order valence-corrected chi connectivity index (χ0v) is 12.8. The van der Waals surface area contributed by atoms with E-state index in [9.17, 15) is 18.0 Å². The fourth-order valence-electron chi connectivity index (χ4n) is 2.69. The third-order valence-electron chi connectivity index (χ3n) is 3.79. The van der Waals surface area contributed by atoms with Crippen molar-refractivity contribution in [3.8, 4) is 5.69 Å². The van der Waals surface area contributed by atoms with Crippen LogP contribution >= 0.6 is 0 Å². The fourth-order valence-corrected chi connectivity index (χ4v) is 2.69. The number of amides is 1. The van der Waals surface area contributed by atoms with Crippen LogP contribution in [0.2, 0.25) is 0 Å². The second-order valence-corrected chi connectivity index (χ2v) is 5.42. The van der Waals surface area contributed by atoms with Crippen LogP contribution in [0.5, 0.6) is 0 Å². The molecule has 24 heavy (non-hydrogen) atoms. The van der Waals surface area contributed by atoms with Gasteiger partial charge in [0.15, 0.2) is 11.7 Å². The van der Waals surface area contributed by atoms with Crippen molar-refractivity contribution in [3.05, 3.63) is 42.2 Å². The Morgan fingerprint density at radius 3 is 2.67 bits per heavy atom. The lowest BCUT2D eigenvalue weighted by atomic mass is 10.1. The summed E-state index contributed by atoms with van der Waals surface area (Å²) in [6, 6.07) is 6.79. The average molecular weight is 340 g/mol. The highest BCUT2D eigenvalue weighted by Gasteiger charge is 2.51. The van der Waals surface area contributed by atoms with Crippen molar-refractivity contribution in [2.45, 2.75) is 25.2 Å².